The molecule has 2 heterocycles. The van der Waals surface area contributed by atoms with Crippen molar-refractivity contribution < 1.29 is 13.9 Å². The highest BCUT2D eigenvalue weighted by Crippen LogP contribution is 2.26. The molecular weight excluding hydrogens is 342 g/mol. The van der Waals surface area contributed by atoms with Crippen molar-refractivity contribution in [3.63, 3.8) is 0 Å². The summed E-state index contributed by atoms with van der Waals surface area (Å²) < 4.78 is 13.3. The third kappa shape index (κ3) is 4.39. The SMILES string of the molecule is O=C(NCCCn1cccn1)c1ccc(COc2ccc3c(c2)CCC3)o1. The molecule has 0 saturated carbocycles. The fourth-order valence-corrected chi connectivity index (χ4v) is 3.33. The minimum atomic E-state index is -0.209. The molecule has 0 bridgehead atoms. The summed E-state index contributed by atoms with van der Waals surface area (Å²) in [6.07, 6.45) is 7.96. The number of nitrogens with one attached hydrogen (secondary N) is 1. The van der Waals surface area contributed by atoms with Crippen LogP contribution in [-0.4, -0.2) is 22.2 Å². The molecule has 0 saturated heterocycles. The number of benzene rings is 1. The monoisotopic (exact) mass is 365 g/mol. The lowest BCUT2D eigenvalue weighted by Gasteiger charge is -2.07. The van der Waals surface area contributed by atoms with E-state index in [1.165, 1.54) is 17.5 Å². The first-order valence-electron chi connectivity index (χ1n) is 9.37. The van der Waals surface area contributed by atoms with Gasteiger partial charge < -0.3 is 14.5 Å². The first-order chi connectivity index (χ1) is 13.3. The van der Waals surface area contributed by atoms with Crippen LogP contribution >= 0.6 is 0 Å². The van der Waals surface area contributed by atoms with Crippen LogP contribution in [0.5, 0.6) is 5.75 Å². The first kappa shape index (κ1) is 17.4. The Hall–Kier alpha value is -3.02. The minimum Gasteiger partial charge on any atom is -0.486 e. The number of carbonyl (C=O) groups is 1. The number of furan rings is 1. The zero-order valence-electron chi connectivity index (χ0n) is 15.2. The molecule has 4 rings (SSSR count). The number of hydrogen-bond acceptors (Lipinski definition) is 4. The van der Waals surface area contributed by atoms with Crippen molar-refractivity contribution in [3.8, 4) is 5.75 Å². The second-order valence-corrected chi connectivity index (χ2v) is 6.72. The number of fused-ring (bicyclic) bond motifs is 1. The molecule has 0 aliphatic heterocycles. The Morgan fingerprint density at radius 2 is 2.15 bits per heavy atom. The normalized spacial score (nSPS) is 12.7. The molecule has 0 radical (unpaired) electrons. The number of rotatable bonds is 8. The third-order valence-corrected chi connectivity index (χ3v) is 4.75. The van der Waals surface area contributed by atoms with Crippen molar-refractivity contribution in [2.45, 2.75) is 38.8 Å². The summed E-state index contributed by atoms with van der Waals surface area (Å²) >= 11 is 0. The predicted molar refractivity (Wildman–Crippen MR) is 101 cm³/mol. The minimum absolute atomic E-state index is 0.209. The van der Waals surface area contributed by atoms with Crippen molar-refractivity contribution in [2.24, 2.45) is 0 Å². The summed E-state index contributed by atoms with van der Waals surface area (Å²) in [5, 5.41) is 6.99. The average Bonchev–Trinajstić information content (AvgIpc) is 3.44. The van der Waals surface area contributed by atoms with Crippen LogP contribution in [0.25, 0.3) is 0 Å². The molecule has 140 valence electrons. The quantitative estimate of drug-likeness (QED) is 0.622. The van der Waals surface area contributed by atoms with Crippen LogP contribution in [0.3, 0.4) is 0 Å². The summed E-state index contributed by atoms with van der Waals surface area (Å²) in [6.45, 7) is 1.65. The van der Waals surface area contributed by atoms with Crippen LogP contribution in [-0.2, 0) is 26.0 Å². The second-order valence-electron chi connectivity index (χ2n) is 6.72. The largest absolute Gasteiger partial charge is 0.486 e. The van der Waals surface area contributed by atoms with E-state index in [1.54, 1.807) is 18.3 Å². The predicted octanol–water partition coefficient (Wildman–Crippen LogP) is 3.36. The highest BCUT2D eigenvalue weighted by molar-refractivity contribution is 5.91. The molecule has 6 nitrogen and oxygen atoms in total. The lowest BCUT2D eigenvalue weighted by Crippen LogP contribution is -2.24. The Balaban J connectivity index is 1.23. The zero-order valence-corrected chi connectivity index (χ0v) is 15.2. The van der Waals surface area contributed by atoms with Crippen LogP contribution in [0.4, 0.5) is 0 Å². The highest BCUT2D eigenvalue weighted by atomic mass is 16.5. The van der Waals surface area contributed by atoms with Crippen molar-refractivity contribution in [3.05, 3.63) is 71.4 Å². The van der Waals surface area contributed by atoms with Gasteiger partial charge in [-0.1, -0.05) is 6.07 Å². The fourth-order valence-electron chi connectivity index (χ4n) is 3.33. The summed E-state index contributed by atoms with van der Waals surface area (Å²) in [5.41, 5.74) is 2.80. The smallest absolute Gasteiger partial charge is 0.286 e. The van der Waals surface area contributed by atoms with E-state index < -0.39 is 0 Å². The second kappa shape index (κ2) is 8.12. The summed E-state index contributed by atoms with van der Waals surface area (Å²) in [5.74, 6) is 1.58. The topological polar surface area (TPSA) is 69.3 Å². The number of ether oxygens (including phenoxy) is 1. The van der Waals surface area contributed by atoms with E-state index in [0.717, 1.165) is 31.6 Å². The van der Waals surface area contributed by atoms with Crippen molar-refractivity contribution in [1.82, 2.24) is 15.1 Å². The van der Waals surface area contributed by atoms with E-state index in [-0.39, 0.29) is 5.91 Å². The third-order valence-electron chi connectivity index (χ3n) is 4.75. The summed E-state index contributed by atoms with van der Waals surface area (Å²) in [7, 11) is 0. The summed E-state index contributed by atoms with van der Waals surface area (Å²) in [4.78, 5) is 12.2. The van der Waals surface area contributed by atoms with Gasteiger partial charge in [0.15, 0.2) is 5.76 Å². The van der Waals surface area contributed by atoms with Gasteiger partial charge in [0, 0.05) is 25.5 Å². The van der Waals surface area contributed by atoms with E-state index in [9.17, 15) is 4.79 Å². The van der Waals surface area contributed by atoms with Crippen LogP contribution < -0.4 is 10.1 Å². The van der Waals surface area contributed by atoms with Gasteiger partial charge in [-0.25, -0.2) is 0 Å². The number of amides is 1. The molecule has 1 amide bonds. The van der Waals surface area contributed by atoms with Crippen LogP contribution in [0.1, 0.15) is 40.3 Å². The van der Waals surface area contributed by atoms with Crippen molar-refractivity contribution >= 4 is 5.91 Å². The molecular formula is C21H23N3O3. The Kier molecular flexibility index (Phi) is 5.23. The van der Waals surface area contributed by atoms with E-state index in [2.05, 4.69) is 22.5 Å². The van der Waals surface area contributed by atoms with Crippen LogP contribution in [0.15, 0.2) is 53.2 Å². The number of aromatic nitrogens is 2. The van der Waals surface area contributed by atoms with Crippen molar-refractivity contribution in [1.29, 1.82) is 0 Å². The van der Waals surface area contributed by atoms with Gasteiger partial charge in [0.05, 0.1) is 0 Å². The van der Waals surface area contributed by atoms with Gasteiger partial charge in [0.1, 0.15) is 18.1 Å². The molecule has 3 aromatic rings. The maximum atomic E-state index is 12.2. The Morgan fingerprint density at radius 3 is 3.04 bits per heavy atom. The summed E-state index contributed by atoms with van der Waals surface area (Å²) in [6, 6.07) is 11.6. The van der Waals surface area contributed by atoms with Gasteiger partial charge in [-0.05, 0) is 67.1 Å². The first-order valence-corrected chi connectivity index (χ1v) is 9.37. The van der Waals surface area contributed by atoms with Crippen molar-refractivity contribution in [2.75, 3.05) is 6.54 Å². The van der Waals surface area contributed by atoms with E-state index in [4.69, 9.17) is 9.15 Å². The van der Waals surface area contributed by atoms with E-state index in [0.29, 0.717) is 24.7 Å². The highest BCUT2D eigenvalue weighted by Gasteiger charge is 2.13. The molecule has 2 aromatic heterocycles. The Bertz CT molecular complexity index is 899. The fraction of sp³-hybridized carbons (Fsp3) is 0.333. The molecule has 0 spiro atoms. The molecule has 0 unspecified atom stereocenters. The Morgan fingerprint density at radius 1 is 1.22 bits per heavy atom. The maximum Gasteiger partial charge on any atom is 0.286 e. The van der Waals surface area contributed by atoms with Gasteiger partial charge in [-0.15, -0.1) is 0 Å². The van der Waals surface area contributed by atoms with Gasteiger partial charge in [0.2, 0.25) is 0 Å². The number of aryl methyl sites for hydroxylation is 3. The molecule has 0 fully saturated rings. The Labute approximate surface area is 158 Å². The van der Waals surface area contributed by atoms with E-state index >= 15 is 0 Å². The molecule has 27 heavy (non-hydrogen) atoms. The molecule has 1 aliphatic rings. The lowest BCUT2D eigenvalue weighted by atomic mass is 10.1. The molecule has 1 aromatic carbocycles. The molecule has 6 heteroatoms. The van der Waals surface area contributed by atoms with E-state index in [1.807, 2.05) is 23.0 Å². The van der Waals surface area contributed by atoms with Gasteiger partial charge in [-0.3, -0.25) is 9.48 Å². The van der Waals surface area contributed by atoms with Gasteiger partial charge in [0.25, 0.3) is 5.91 Å². The number of carbonyl (C=O) groups excluding carboxylic acids is 1. The number of hydrogen-bond donors (Lipinski definition) is 1. The van der Waals surface area contributed by atoms with Gasteiger partial charge in [-0.2, -0.15) is 5.10 Å². The number of nitrogens with zero attached hydrogens (tertiary/aromatic N) is 2. The maximum absolute atomic E-state index is 12.2. The van der Waals surface area contributed by atoms with Crippen LogP contribution in [0.2, 0.25) is 0 Å². The lowest BCUT2D eigenvalue weighted by molar-refractivity contribution is 0.0921. The molecule has 0 atom stereocenters. The standard InChI is InChI=1S/C21H23N3O3/c25-21(22-10-2-12-24-13-3-11-23-24)20-9-8-19(27-20)15-26-18-7-6-16-4-1-5-17(16)14-18/h3,6-9,11,13-14H,1-2,4-5,10,12,15H2,(H,22,25). The van der Waals surface area contributed by atoms with Gasteiger partial charge >= 0.3 is 0 Å². The molecule has 1 aliphatic carbocycles. The zero-order chi connectivity index (χ0) is 18.5. The van der Waals surface area contributed by atoms with Crippen LogP contribution in [0, 0.1) is 0 Å². The average molecular weight is 365 g/mol. The molecule has 1 N–H and O–H groups in total.